The number of carbonyl (C=O) groups excluding carboxylic acids is 1. The molecule has 3 rings (SSSR count). The van der Waals surface area contributed by atoms with Gasteiger partial charge in [-0.1, -0.05) is 39.7 Å². The number of hydrogen-bond donors (Lipinski definition) is 1. The maximum absolute atomic E-state index is 12.5. The van der Waals surface area contributed by atoms with Crippen LogP contribution in [0.4, 0.5) is 11.4 Å². The summed E-state index contributed by atoms with van der Waals surface area (Å²) in [7, 11) is 0. The number of amides is 1. The van der Waals surface area contributed by atoms with Gasteiger partial charge in [0, 0.05) is 17.6 Å². The minimum atomic E-state index is -0.219. The lowest BCUT2D eigenvalue weighted by Gasteiger charge is -2.30. The second-order valence-corrected chi connectivity index (χ2v) is 6.52. The third-order valence-corrected chi connectivity index (χ3v) is 4.50. The fourth-order valence-corrected chi connectivity index (χ4v) is 3.11. The maximum Gasteiger partial charge on any atom is 0.257 e. The number of carbonyl (C=O) groups is 1. The monoisotopic (exact) mass is 394 g/mol. The Labute approximate surface area is 148 Å². The molecule has 0 aliphatic carbocycles. The molecule has 0 atom stereocenters. The van der Waals surface area contributed by atoms with E-state index in [2.05, 4.69) is 26.1 Å². The highest BCUT2D eigenvalue weighted by Gasteiger charge is 2.18. The smallest absolute Gasteiger partial charge is 0.257 e. The zero-order chi connectivity index (χ0) is 16.2. The zero-order valence-electron chi connectivity index (χ0n) is 12.4. The Bertz CT molecular complexity index is 717. The van der Waals surface area contributed by atoms with Crippen LogP contribution in [0.15, 0.2) is 46.9 Å². The van der Waals surface area contributed by atoms with Gasteiger partial charge in [-0.3, -0.25) is 4.79 Å². The molecule has 120 valence electrons. The van der Waals surface area contributed by atoms with Gasteiger partial charge in [-0.2, -0.15) is 0 Å². The van der Waals surface area contributed by atoms with Crippen LogP contribution < -0.4 is 10.2 Å². The third kappa shape index (κ3) is 3.86. The largest absolute Gasteiger partial charge is 0.378 e. The number of ether oxygens (including phenoxy) is 1. The number of rotatable bonds is 3. The standard InChI is InChI=1S/C17H16BrClN2O2/c18-12-5-6-16(21-7-9-23-10-8-21)15(11-12)20-17(22)13-3-1-2-4-14(13)19/h1-6,11H,7-10H2,(H,20,22). The molecule has 1 fully saturated rings. The van der Waals surface area contributed by atoms with Gasteiger partial charge in [0.15, 0.2) is 0 Å². The topological polar surface area (TPSA) is 41.6 Å². The van der Waals surface area contributed by atoms with Crippen LogP contribution in [-0.2, 0) is 4.74 Å². The Kier molecular flexibility index (Phi) is 5.20. The Morgan fingerprint density at radius 2 is 1.91 bits per heavy atom. The van der Waals surface area contributed by atoms with Gasteiger partial charge in [0.1, 0.15) is 0 Å². The summed E-state index contributed by atoms with van der Waals surface area (Å²) in [5.41, 5.74) is 2.20. The van der Waals surface area contributed by atoms with Gasteiger partial charge >= 0.3 is 0 Å². The fourth-order valence-electron chi connectivity index (χ4n) is 2.52. The van der Waals surface area contributed by atoms with Crippen molar-refractivity contribution in [1.82, 2.24) is 0 Å². The fraction of sp³-hybridized carbons (Fsp3) is 0.235. The summed E-state index contributed by atoms with van der Waals surface area (Å²) in [6.45, 7) is 2.98. The van der Waals surface area contributed by atoms with Gasteiger partial charge < -0.3 is 15.0 Å². The van der Waals surface area contributed by atoms with Crippen molar-refractivity contribution in [3.05, 3.63) is 57.5 Å². The van der Waals surface area contributed by atoms with Gasteiger partial charge in [-0.05, 0) is 30.3 Å². The van der Waals surface area contributed by atoms with Crippen LogP contribution in [0.2, 0.25) is 5.02 Å². The first-order valence-electron chi connectivity index (χ1n) is 7.33. The highest BCUT2D eigenvalue weighted by Crippen LogP contribution is 2.31. The van der Waals surface area contributed by atoms with Crippen LogP contribution >= 0.6 is 27.5 Å². The summed E-state index contributed by atoms with van der Waals surface area (Å²) in [5, 5.41) is 3.41. The number of nitrogens with zero attached hydrogens (tertiary/aromatic N) is 1. The molecule has 2 aromatic carbocycles. The van der Waals surface area contributed by atoms with E-state index in [-0.39, 0.29) is 5.91 Å². The average Bonchev–Trinajstić information content (AvgIpc) is 2.56. The van der Waals surface area contributed by atoms with E-state index in [9.17, 15) is 4.79 Å². The van der Waals surface area contributed by atoms with Crippen LogP contribution in [-0.4, -0.2) is 32.2 Å². The summed E-state index contributed by atoms with van der Waals surface area (Å²) >= 11 is 9.57. The Morgan fingerprint density at radius 1 is 1.17 bits per heavy atom. The molecular formula is C17H16BrClN2O2. The highest BCUT2D eigenvalue weighted by molar-refractivity contribution is 9.10. The molecule has 0 aromatic heterocycles. The SMILES string of the molecule is O=C(Nc1cc(Br)ccc1N1CCOCC1)c1ccccc1Cl. The van der Waals surface area contributed by atoms with E-state index in [4.69, 9.17) is 16.3 Å². The average molecular weight is 396 g/mol. The molecule has 1 aliphatic rings. The molecule has 0 unspecified atom stereocenters. The van der Waals surface area contributed by atoms with E-state index < -0.39 is 0 Å². The lowest BCUT2D eigenvalue weighted by Crippen LogP contribution is -2.36. The number of anilines is 2. The summed E-state index contributed by atoms with van der Waals surface area (Å²) < 4.78 is 6.30. The molecule has 23 heavy (non-hydrogen) atoms. The minimum Gasteiger partial charge on any atom is -0.378 e. The minimum absolute atomic E-state index is 0.219. The highest BCUT2D eigenvalue weighted by atomic mass is 79.9. The van der Waals surface area contributed by atoms with E-state index in [0.717, 1.165) is 28.9 Å². The van der Waals surface area contributed by atoms with Crippen LogP contribution in [0.25, 0.3) is 0 Å². The van der Waals surface area contributed by atoms with Gasteiger partial charge in [0.2, 0.25) is 0 Å². The second-order valence-electron chi connectivity index (χ2n) is 5.19. The first-order chi connectivity index (χ1) is 11.1. The molecule has 1 amide bonds. The molecule has 1 heterocycles. The van der Waals surface area contributed by atoms with Crippen molar-refractivity contribution in [2.75, 3.05) is 36.5 Å². The second kappa shape index (κ2) is 7.34. The van der Waals surface area contributed by atoms with Crippen molar-refractivity contribution in [3.8, 4) is 0 Å². The lowest BCUT2D eigenvalue weighted by atomic mass is 10.2. The van der Waals surface area contributed by atoms with E-state index >= 15 is 0 Å². The van der Waals surface area contributed by atoms with Crippen LogP contribution in [0, 0.1) is 0 Å². The summed E-state index contributed by atoms with van der Waals surface area (Å²) in [6.07, 6.45) is 0. The Morgan fingerprint density at radius 3 is 2.65 bits per heavy atom. The van der Waals surface area contributed by atoms with E-state index in [1.54, 1.807) is 24.3 Å². The van der Waals surface area contributed by atoms with E-state index in [1.807, 2.05) is 18.2 Å². The third-order valence-electron chi connectivity index (χ3n) is 3.68. The predicted octanol–water partition coefficient (Wildman–Crippen LogP) is 4.19. The molecular weight excluding hydrogens is 380 g/mol. The van der Waals surface area contributed by atoms with Gasteiger partial charge in [0.05, 0.1) is 35.2 Å². The van der Waals surface area contributed by atoms with E-state index in [0.29, 0.717) is 23.8 Å². The molecule has 0 bridgehead atoms. The van der Waals surface area contributed by atoms with E-state index in [1.165, 1.54) is 0 Å². The Hall–Kier alpha value is -1.56. The van der Waals surface area contributed by atoms with Crippen molar-refractivity contribution in [3.63, 3.8) is 0 Å². The van der Waals surface area contributed by atoms with Crippen molar-refractivity contribution < 1.29 is 9.53 Å². The quantitative estimate of drug-likeness (QED) is 0.847. The van der Waals surface area contributed by atoms with Crippen molar-refractivity contribution in [2.45, 2.75) is 0 Å². The first-order valence-corrected chi connectivity index (χ1v) is 8.50. The van der Waals surface area contributed by atoms with Gasteiger partial charge in [-0.25, -0.2) is 0 Å². The molecule has 0 radical (unpaired) electrons. The normalized spacial score (nSPS) is 14.6. The molecule has 1 N–H and O–H groups in total. The lowest BCUT2D eigenvalue weighted by molar-refractivity contribution is 0.102. The Balaban J connectivity index is 1.88. The first kappa shape index (κ1) is 16.3. The number of benzene rings is 2. The molecule has 1 aliphatic heterocycles. The van der Waals surface area contributed by atoms with Gasteiger partial charge in [-0.15, -0.1) is 0 Å². The number of hydrogen-bond acceptors (Lipinski definition) is 3. The molecule has 0 saturated carbocycles. The van der Waals surface area contributed by atoms with Crippen molar-refractivity contribution >= 4 is 44.8 Å². The van der Waals surface area contributed by atoms with Crippen LogP contribution in [0.5, 0.6) is 0 Å². The van der Waals surface area contributed by atoms with Crippen molar-refractivity contribution in [1.29, 1.82) is 0 Å². The van der Waals surface area contributed by atoms with Gasteiger partial charge in [0.25, 0.3) is 5.91 Å². The molecule has 1 saturated heterocycles. The molecule has 2 aromatic rings. The molecule has 0 spiro atoms. The number of morpholine rings is 1. The van der Waals surface area contributed by atoms with Crippen LogP contribution in [0.1, 0.15) is 10.4 Å². The summed E-state index contributed by atoms with van der Waals surface area (Å²) in [5.74, 6) is -0.219. The number of nitrogens with one attached hydrogen (secondary N) is 1. The zero-order valence-corrected chi connectivity index (χ0v) is 14.7. The van der Waals surface area contributed by atoms with Crippen LogP contribution in [0.3, 0.4) is 0 Å². The summed E-state index contributed by atoms with van der Waals surface area (Å²) in [6, 6.07) is 12.9. The summed E-state index contributed by atoms with van der Waals surface area (Å²) in [4.78, 5) is 14.7. The molecule has 6 heteroatoms. The predicted molar refractivity (Wildman–Crippen MR) is 96.6 cm³/mol. The number of halogens is 2. The molecule has 4 nitrogen and oxygen atoms in total. The maximum atomic E-state index is 12.5. The van der Waals surface area contributed by atoms with Crippen molar-refractivity contribution in [2.24, 2.45) is 0 Å².